The van der Waals surface area contributed by atoms with Crippen LogP contribution in [0.5, 0.6) is 0 Å². The maximum Gasteiger partial charge on any atom is 0.254 e. The lowest BCUT2D eigenvalue weighted by molar-refractivity contribution is 1.36. The molecule has 0 atom stereocenters. The first-order chi connectivity index (χ1) is 5.48. The molecule has 12 heavy (non-hydrogen) atoms. The fourth-order valence-electron chi connectivity index (χ4n) is 0.677. The van der Waals surface area contributed by atoms with Crippen LogP contribution in [0.2, 0.25) is 18.1 Å². The second-order valence-corrected chi connectivity index (χ2v) is 13.2. The van der Waals surface area contributed by atoms with Crippen LogP contribution in [0.3, 0.4) is 0 Å². The zero-order valence-corrected chi connectivity index (χ0v) is 11.5. The Hall–Kier alpha value is 1.33. The molecule has 6 heteroatoms. The SMILES string of the molecule is C=CC[Si](Cl)(Cl)CC[Si]C(Cl)Cl. The van der Waals surface area contributed by atoms with E-state index in [4.69, 9.17) is 45.4 Å². The van der Waals surface area contributed by atoms with E-state index in [1.807, 2.05) is 0 Å². The average Bonchev–Trinajstić information content (AvgIpc) is 1.85. The molecule has 0 saturated carbocycles. The minimum atomic E-state index is -2.05. The molecule has 0 aliphatic heterocycles. The zero-order valence-electron chi connectivity index (χ0n) is 6.49. The van der Waals surface area contributed by atoms with Crippen LogP contribution in [0.25, 0.3) is 0 Å². The van der Waals surface area contributed by atoms with Crippen LogP contribution in [0.4, 0.5) is 0 Å². The highest BCUT2D eigenvalue weighted by Gasteiger charge is 2.26. The molecule has 0 unspecified atom stereocenters. The van der Waals surface area contributed by atoms with Crippen LogP contribution in [0.1, 0.15) is 0 Å². The molecule has 0 amide bonds. The Bertz CT molecular complexity index is 138. The van der Waals surface area contributed by atoms with Gasteiger partial charge < -0.3 is 0 Å². The highest BCUT2D eigenvalue weighted by molar-refractivity contribution is 7.45. The Morgan fingerprint density at radius 2 is 2.00 bits per heavy atom. The molecule has 0 saturated heterocycles. The highest BCUT2D eigenvalue weighted by atomic mass is 35.7. The summed E-state index contributed by atoms with van der Waals surface area (Å²) in [5.41, 5.74) is 0. The first kappa shape index (κ1) is 13.3. The van der Waals surface area contributed by atoms with Crippen molar-refractivity contribution >= 4 is 61.6 Å². The molecular formula is C6H10Cl4Si2. The summed E-state index contributed by atoms with van der Waals surface area (Å²) in [6, 6.07) is 2.50. The Labute approximate surface area is 96.5 Å². The minimum absolute atomic E-state index is 0.271. The second kappa shape index (κ2) is 6.74. The first-order valence-corrected chi connectivity index (χ1v) is 10.1. The predicted molar refractivity (Wildman–Crippen MR) is 63.3 cm³/mol. The number of hydrogen-bond donors (Lipinski definition) is 0. The number of halogens is 4. The van der Waals surface area contributed by atoms with Gasteiger partial charge in [-0.25, -0.2) is 0 Å². The monoisotopic (exact) mass is 278 g/mol. The third-order valence-corrected chi connectivity index (χ3v) is 7.43. The number of hydrogen-bond acceptors (Lipinski definition) is 0. The Kier molecular flexibility index (Phi) is 7.49. The Morgan fingerprint density at radius 1 is 1.42 bits per heavy atom. The quantitative estimate of drug-likeness (QED) is 0.299. The summed E-state index contributed by atoms with van der Waals surface area (Å²) in [7, 11) is 0.529. The largest absolute Gasteiger partial charge is 0.254 e. The van der Waals surface area contributed by atoms with Gasteiger partial charge in [-0.15, -0.1) is 51.9 Å². The van der Waals surface area contributed by atoms with Crippen molar-refractivity contribution in [3.05, 3.63) is 12.7 Å². The van der Waals surface area contributed by atoms with Crippen LogP contribution in [0, 0.1) is 0 Å². The van der Waals surface area contributed by atoms with E-state index >= 15 is 0 Å². The van der Waals surface area contributed by atoms with Gasteiger partial charge in [-0.1, -0.05) is 12.1 Å². The zero-order chi connectivity index (χ0) is 9.61. The van der Waals surface area contributed by atoms with E-state index in [-0.39, 0.29) is 4.46 Å². The van der Waals surface area contributed by atoms with Crippen molar-refractivity contribution in [3.63, 3.8) is 0 Å². The van der Waals surface area contributed by atoms with Crippen LogP contribution in [-0.2, 0) is 0 Å². The van der Waals surface area contributed by atoms with Crippen molar-refractivity contribution < 1.29 is 0 Å². The molecule has 0 aromatic heterocycles. The van der Waals surface area contributed by atoms with Crippen molar-refractivity contribution in [2.45, 2.75) is 22.6 Å². The van der Waals surface area contributed by atoms with Crippen molar-refractivity contribution in [2.24, 2.45) is 0 Å². The summed E-state index contributed by atoms with van der Waals surface area (Å²) in [4.78, 5) is 0. The summed E-state index contributed by atoms with van der Waals surface area (Å²) >= 11 is 23.3. The van der Waals surface area contributed by atoms with Crippen LogP contribution < -0.4 is 0 Å². The molecule has 0 aliphatic carbocycles. The summed E-state index contributed by atoms with van der Waals surface area (Å²) in [5.74, 6) is 0. The van der Waals surface area contributed by atoms with Gasteiger partial charge >= 0.3 is 0 Å². The van der Waals surface area contributed by atoms with Crippen molar-refractivity contribution in [3.8, 4) is 0 Å². The molecule has 70 valence electrons. The summed E-state index contributed by atoms with van der Waals surface area (Å²) in [6.07, 6.45) is 1.77. The lowest BCUT2D eigenvalue weighted by atomic mass is 10.8. The lowest BCUT2D eigenvalue weighted by Crippen LogP contribution is -2.18. The predicted octanol–water partition coefficient (Wildman–Crippen LogP) is 3.98. The minimum Gasteiger partial charge on any atom is -0.146 e. The average molecular weight is 280 g/mol. The van der Waals surface area contributed by atoms with E-state index in [0.717, 1.165) is 18.1 Å². The molecule has 0 nitrogen and oxygen atoms in total. The second-order valence-electron chi connectivity index (χ2n) is 2.35. The Balaban J connectivity index is 3.53. The van der Waals surface area contributed by atoms with E-state index in [1.165, 1.54) is 0 Å². The van der Waals surface area contributed by atoms with Gasteiger partial charge in [0, 0.05) is 0 Å². The van der Waals surface area contributed by atoms with Gasteiger partial charge in [-0.3, -0.25) is 0 Å². The molecule has 0 N–H and O–H groups in total. The van der Waals surface area contributed by atoms with Crippen molar-refractivity contribution in [2.75, 3.05) is 0 Å². The standard InChI is InChI=1S/C6H10Cl4Si2/c1-2-4-12(9,10)5-3-11-6(7)8/h2,6H,1,3-5H2. The normalized spacial score (nSPS) is 12.1. The van der Waals surface area contributed by atoms with E-state index in [9.17, 15) is 0 Å². The third-order valence-electron chi connectivity index (χ3n) is 1.23. The van der Waals surface area contributed by atoms with Crippen LogP contribution >= 0.6 is 45.4 Å². The highest BCUT2D eigenvalue weighted by Crippen LogP contribution is 2.27. The van der Waals surface area contributed by atoms with Gasteiger partial charge in [0.05, 0.1) is 14.0 Å². The van der Waals surface area contributed by atoms with Gasteiger partial charge in [0.1, 0.15) is 0 Å². The molecule has 0 aromatic carbocycles. The third kappa shape index (κ3) is 7.96. The van der Waals surface area contributed by atoms with Crippen LogP contribution in [0.15, 0.2) is 12.7 Å². The molecule has 0 aromatic rings. The number of allylic oxidation sites excluding steroid dienone is 1. The summed E-state index contributed by atoms with van der Waals surface area (Å²) in [6.45, 7) is 1.55. The summed E-state index contributed by atoms with van der Waals surface area (Å²) in [5, 5.41) is 0. The first-order valence-electron chi connectivity index (χ1n) is 3.48. The maximum absolute atomic E-state index is 6.07. The lowest BCUT2D eigenvalue weighted by Gasteiger charge is -2.13. The van der Waals surface area contributed by atoms with E-state index in [0.29, 0.717) is 9.52 Å². The van der Waals surface area contributed by atoms with Gasteiger partial charge in [0.2, 0.25) is 0 Å². The van der Waals surface area contributed by atoms with Crippen molar-refractivity contribution in [1.29, 1.82) is 0 Å². The molecule has 2 radical (unpaired) electrons. The molecule has 0 heterocycles. The smallest absolute Gasteiger partial charge is 0.146 e. The van der Waals surface area contributed by atoms with E-state index in [1.54, 1.807) is 6.08 Å². The van der Waals surface area contributed by atoms with Gasteiger partial charge in [0.15, 0.2) is 0 Å². The molecule has 0 aliphatic rings. The fraction of sp³-hybridized carbons (Fsp3) is 0.667. The molecule has 0 spiro atoms. The number of alkyl halides is 2. The number of rotatable bonds is 6. The molecule has 0 fully saturated rings. The van der Waals surface area contributed by atoms with Crippen molar-refractivity contribution in [1.82, 2.24) is 0 Å². The fourth-order valence-corrected chi connectivity index (χ4v) is 6.57. The van der Waals surface area contributed by atoms with E-state index < -0.39 is 6.69 Å². The van der Waals surface area contributed by atoms with Gasteiger partial charge in [0.25, 0.3) is 6.69 Å². The van der Waals surface area contributed by atoms with Crippen LogP contribution in [-0.4, -0.2) is 20.7 Å². The van der Waals surface area contributed by atoms with E-state index in [2.05, 4.69) is 6.58 Å². The molecule has 0 rings (SSSR count). The van der Waals surface area contributed by atoms with Gasteiger partial charge in [-0.2, -0.15) is 0 Å². The topological polar surface area (TPSA) is 0 Å². The molecular weight excluding hydrogens is 270 g/mol. The maximum atomic E-state index is 6.07. The summed E-state index contributed by atoms with van der Waals surface area (Å²) < 4.78 is -0.271. The molecule has 0 bridgehead atoms. The van der Waals surface area contributed by atoms with Gasteiger partial charge in [-0.05, 0) is 12.1 Å². The Morgan fingerprint density at radius 3 is 2.42 bits per heavy atom.